The minimum atomic E-state index is 0.515. The first-order chi connectivity index (χ1) is 10.8. The topological polar surface area (TPSA) is 29.0 Å². The number of fused-ring (bicyclic) bond motifs is 2. The van der Waals surface area contributed by atoms with Gasteiger partial charge in [0.2, 0.25) is 0 Å². The van der Waals surface area contributed by atoms with Crippen LogP contribution in [-0.4, -0.2) is 23.1 Å². The Morgan fingerprint density at radius 1 is 1.23 bits per heavy atom. The van der Waals surface area contributed by atoms with Crippen molar-refractivity contribution in [2.75, 3.05) is 18.0 Å². The zero-order valence-electron chi connectivity index (χ0n) is 13.4. The third-order valence-corrected chi connectivity index (χ3v) is 5.35. The first-order valence-electron chi connectivity index (χ1n) is 8.48. The van der Waals surface area contributed by atoms with E-state index < -0.39 is 0 Å². The van der Waals surface area contributed by atoms with Crippen LogP contribution in [0.4, 0.5) is 5.69 Å². The molecule has 1 saturated heterocycles. The van der Waals surface area contributed by atoms with E-state index in [1.54, 1.807) is 0 Å². The second kappa shape index (κ2) is 5.38. The van der Waals surface area contributed by atoms with Gasteiger partial charge in [-0.2, -0.15) is 0 Å². The van der Waals surface area contributed by atoms with Gasteiger partial charge >= 0.3 is 0 Å². The third-order valence-electron chi connectivity index (χ3n) is 5.35. The fourth-order valence-corrected chi connectivity index (χ4v) is 3.79. The quantitative estimate of drug-likeness (QED) is 0.842. The lowest BCUT2D eigenvalue weighted by atomic mass is 9.83. The highest BCUT2D eigenvalue weighted by atomic mass is 15.2. The Hall–Kier alpha value is -1.90. The minimum Gasteiger partial charge on any atom is -0.370 e. The average Bonchev–Trinajstić information content (AvgIpc) is 2.62. The summed E-state index contributed by atoms with van der Waals surface area (Å²) < 4.78 is 0. The summed E-state index contributed by atoms with van der Waals surface area (Å²) in [5, 5.41) is 0. The van der Waals surface area contributed by atoms with E-state index in [0.29, 0.717) is 11.8 Å². The number of piperidine rings is 1. The average molecular weight is 293 g/mol. The van der Waals surface area contributed by atoms with Gasteiger partial charge in [0.25, 0.3) is 0 Å². The van der Waals surface area contributed by atoms with E-state index in [-0.39, 0.29) is 0 Å². The van der Waals surface area contributed by atoms with Gasteiger partial charge in [-0.25, -0.2) is 0 Å². The predicted octanol–water partition coefficient (Wildman–Crippen LogP) is 4.35. The van der Waals surface area contributed by atoms with Gasteiger partial charge in [0.15, 0.2) is 0 Å². The van der Waals surface area contributed by atoms with Crippen LogP contribution in [-0.2, 0) is 0 Å². The monoisotopic (exact) mass is 293 g/mol. The molecule has 3 aliphatic rings. The Bertz CT molecular complexity index is 673. The molecule has 1 atom stereocenters. The smallest absolute Gasteiger partial charge is 0.0678 e. The largest absolute Gasteiger partial charge is 0.370 e. The molecule has 0 N–H and O–H groups in total. The second-order valence-corrected chi connectivity index (χ2v) is 6.64. The van der Waals surface area contributed by atoms with E-state index >= 15 is 0 Å². The summed E-state index contributed by atoms with van der Waals surface area (Å²) in [4.78, 5) is 11.8. The van der Waals surface area contributed by atoms with Gasteiger partial charge in [0.05, 0.1) is 11.4 Å². The second-order valence-electron chi connectivity index (χ2n) is 6.64. The number of anilines is 1. The van der Waals surface area contributed by atoms with E-state index in [1.165, 1.54) is 54.1 Å². The van der Waals surface area contributed by atoms with Crippen molar-refractivity contribution in [1.29, 1.82) is 0 Å². The Balaban J connectivity index is 1.94. The highest BCUT2D eigenvalue weighted by Crippen LogP contribution is 2.46. The molecule has 0 amide bonds. The van der Waals surface area contributed by atoms with Crippen LogP contribution in [0, 0.1) is 0 Å². The van der Waals surface area contributed by atoms with Crippen LogP contribution in [0.15, 0.2) is 30.6 Å². The number of pyridine rings is 2. The van der Waals surface area contributed by atoms with Crippen LogP contribution < -0.4 is 4.90 Å². The minimum absolute atomic E-state index is 0.515. The summed E-state index contributed by atoms with van der Waals surface area (Å²) >= 11 is 0. The molecule has 2 aromatic rings. The Labute approximate surface area is 132 Å². The first kappa shape index (κ1) is 13.7. The molecule has 3 heteroatoms. The van der Waals surface area contributed by atoms with Crippen molar-refractivity contribution in [3.8, 4) is 11.1 Å². The lowest BCUT2D eigenvalue weighted by Crippen LogP contribution is -2.40. The van der Waals surface area contributed by atoms with Crippen molar-refractivity contribution in [2.45, 2.75) is 44.9 Å². The highest BCUT2D eigenvalue weighted by molar-refractivity contribution is 5.82. The summed E-state index contributed by atoms with van der Waals surface area (Å²) in [6.45, 7) is 6.89. The van der Waals surface area contributed by atoms with Crippen LogP contribution in [0.25, 0.3) is 11.1 Å². The van der Waals surface area contributed by atoms with Gasteiger partial charge < -0.3 is 4.90 Å². The highest BCUT2D eigenvalue weighted by Gasteiger charge is 2.34. The molecule has 3 nitrogen and oxygen atoms in total. The van der Waals surface area contributed by atoms with Gasteiger partial charge in [-0.1, -0.05) is 13.8 Å². The van der Waals surface area contributed by atoms with E-state index in [0.717, 1.165) is 6.42 Å². The Morgan fingerprint density at radius 3 is 2.64 bits per heavy atom. The fraction of sp³-hybridized carbons (Fsp3) is 0.474. The number of aromatic nitrogens is 2. The summed E-state index contributed by atoms with van der Waals surface area (Å²) in [5.74, 6) is 1.17. The van der Waals surface area contributed by atoms with Gasteiger partial charge in [0.1, 0.15) is 0 Å². The number of rotatable bonds is 3. The molecule has 2 bridgehead atoms. The Morgan fingerprint density at radius 2 is 1.95 bits per heavy atom. The van der Waals surface area contributed by atoms with Crippen molar-refractivity contribution >= 4 is 5.69 Å². The van der Waals surface area contributed by atoms with Crippen molar-refractivity contribution in [3.63, 3.8) is 0 Å². The molecule has 114 valence electrons. The molecular formula is C19H23N3. The van der Waals surface area contributed by atoms with E-state index in [2.05, 4.69) is 41.9 Å². The van der Waals surface area contributed by atoms with Crippen LogP contribution >= 0.6 is 0 Å². The molecule has 0 aromatic carbocycles. The molecule has 0 saturated carbocycles. The predicted molar refractivity (Wildman–Crippen MR) is 90.4 cm³/mol. The van der Waals surface area contributed by atoms with Crippen LogP contribution in [0.3, 0.4) is 0 Å². The molecule has 3 aliphatic heterocycles. The summed E-state index contributed by atoms with van der Waals surface area (Å²) in [6, 6.07) is 6.57. The molecule has 0 spiro atoms. The number of hydrogen-bond acceptors (Lipinski definition) is 3. The van der Waals surface area contributed by atoms with Crippen LogP contribution in [0.5, 0.6) is 0 Å². The SMILES string of the molecule is CCC(C)c1cc(-c2ccncc2)c2c(n1)C1CCN2CC1. The standard InChI is InChI=1S/C19H23N3/c1-3-13(2)17-12-16(14-4-8-20-9-5-14)19-18(21-17)15-6-10-22(19)11-7-15/h4-5,8-9,12-13,15H,3,6-7,10-11H2,1-2H3. The van der Waals surface area contributed by atoms with Gasteiger partial charge in [-0.05, 0) is 48.9 Å². The summed E-state index contributed by atoms with van der Waals surface area (Å²) in [7, 11) is 0. The lowest BCUT2D eigenvalue weighted by Gasteiger charge is -2.43. The first-order valence-corrected chi connectivity index (χ1v) is 8.48. The van der Waals surface area contributed by atoms with Crippen LogP contribution in [0.2, 0.25) is 0 Å². The molecule has 2 aromatic heterocycles. The van der Waals surface area contributed by atoms with Crippen molar-refractivity contribution in [2.24, 2.45) is 0 Å². The Kier molecular flexibility index (Phi) is 3.36. The maximum Gasteiger partial charge on any atom is 0.0678 e. The maximum atomic E-state index is 5.10. The lowest BCUT2D eigenvalue weighted by molar-refractivity contribution is 0.461. The molecular weight excluding hydrogens is 270 g/mol. The molecule has 1 fully saturated rings. The van der Waals surface area contributed by atoms with E-state index in [1.807, 2.05) is 12.4 Å². The third kappa shape index (κ3) is 2.11. The summed E-state index contributed by atoms with van der Waals surface area (Å²) in [5.41, 5.74) is 6.61. The molecule has 5 heterocycles. The molecule has 22 heavy (non-hydrogen) atoms. The molecule has 1 unspecified atom stereocenters. The fourth-order valence-electron chi connectivity index (χ4n) is 3.79. The van der Waals surface area contributed by atoms with Gasteiger partial charge in [-0.15, -0.1) is 0 Å². The van der Waals surface area contributed by atoms with Gasteiger partial charge in [0, 0.05) is 42.7 Å². The normalized spacial score (nSPS) is 18.4. The zero-order valence-corrected chi connectivity index (χ0v) is 13.4. The van der Waals surface area contributed by atoms with Crippen molar-refractivity contribution in [1.82, 2.24) is 9.97 Å². The van der Waals surface area contributed by atoms with Crippen LogP contribution in [0.1, 0.15) is 56.3 Å². The van der Waals surface area contributed by atoms with E-state index in [4.69, 9.17) is 4.98 Å². The van der Waals surface area contributed by atoms with Crippen molar-refractivity contribution < 1.29 is 0 Å². The zero-order chi connectivity index (χ0) is 15.1. The van der Waals surface area contributed by atoms with E-state index in [9.17, 15) is 0 Å². The number of nitrogens with zero attached hydrogens (tertiary/aromatic N) is 3. The van der Waals surface area contributed by atoms with Gasteiger partial charge in [-0.3, -0.25) is 9.97 Å². The molecule has 5 rings (SSSR count). The summed E-state index contributed by atoms with van der Waals surface area (Å²) in [6.07, 6.45) is 7.44. The molecule has 0 aliphatic carbocycles. The maximum absolute atomic E-state index is 5.10. The van der Waals surface area contributed by atoms with Crippen molar-refractivity contribution in [3.05, 3.63) is 42.0 Å². The molecule has 0 radical (unpaired) electrons. The number of hydrogen-bond donors (Lipinski definition) is 0.